The van der Waals surface area contributed by atoms with Crippen molar-refractivity contribution in [3.63, 3.8) is 0 Å². The summed E-state index contributed by atoms with van der Waals surface area (Å²) in [6, 6.07) is 7.83. The van der Waals surface area contributed by atoms with Crippen LogP contribution in [0.25, 0.3) is 0 Å². The minimum Gasteiger partial charge on any atom is -0.494 e. The van der Waals surface area contributed by atoms with E-state index >= 15 is 0 Å². The lowest BCUT2D eigenvalue weighted by molar-refractivity contribution is 0.336. The van der Waals surface area contributed by atoms with E-state index in [9.17, 15) is 8.42 Å². The van der Waals surface area contributed by atoms with E-state index in [-0.39, 0.29) is 4.21 Å². The molecule has 0 aliphatic heterocycles. The van der Waals surface area contributed by atoms with Crippen molar-refractivity contribution < 1.29 is 13.2 Å². The van der Waals surface area contributed by atoms with Crippen molar-refractivity contribution in [1.82, 2.24) is 4.98 Å². The maximum atomic E-state index is 11.2. The second-order valence-corrected chi connectivity index (χ2v) is 7.07. The van der Waals surface area contributed by atoms with Crippen LogP contribution in [0.15, 0.2) is 34.7 Å². The minimum atomic E-state index is -3.68. The number of sulfonamides is 1. The first-order valence-corrected chi connectivity index (χ1v) is 8.80. The zero-order valence-corrected chi connectivity index (χ0v) is 13.2. The summed E-state index contributed by atoms with van der Waals surface area (Å²) in [6.07, 6.45) is 2.01. The van der Waals surface area contributed by atoms with E-state index in [1.165, 1.54) is 6.20 Å². The van der Waals surface area contributed by atoms with E-state index in [0.717, 1.165) is 29.1 Å². The molecule has 0 unspecified atom stereocenters. The number of hydrogen-bond acceptors (Lipinski definition) is 6. The van der Waals surface area contributed by atoms with Gasteiger partial charge in [0.05, 0.1) is 12.8 Å². The summed E-state index contributed by atoms with van der Waals surface area (Å²) >= 11 is 1.02. The number of hydrogen-bond donors (Lipinski definition) is 2. The fourth-order valence-corrected chi connectivity index (χ4v) is 3.26. The first-order valence-electron chi connectivity index (χ1n) is 6.44. The molecule has 0 bridgehead atoms. The molecule has 0 fully saturated rings. The van der Waals surface area contributed by atoms with Crippen LogP contribution in [-0.2, 0) is 16.4 Å². The summed E-state index contributed by atoms with van der Waals surface area (Å²) in [6.45, 7) is 3.19. The van der Waals surface area contributed by atoms with Crippen molar-refractivity contribution in [2.75, 3.05) is 18.5 Å². The summed E-state index contributed by atoms with van der Waals surface area (Å²) in [5.41, 5.74) is 1.09. The normalized spacial score (nSPS) is 11.3. The van der Waals surface area contributed by atoms with Crippen LogP contribution < -0.4 is 15.2 Å². The van der Waals surface area contributed by atoms with Crippen molar-refractivity contribution in [2.24, 2.45) is 5.14 Å². The van der Waals surface area contributed by atoms with E-state index in [2.05, 4.69) is 10.3 Å². The summed E-state index contributed by atoms with van der Waals surface area (Å²) in [5.74, 6) is 0.867. The second kappa shape index (κ2) is 6.88. The molecule has 0 aliphatic rings. The van der Waals surface area contributed by atoms with Crippen LogP contribution in [0.3, 0.4) is 0 Å². The van der Waals surface area contributed by atoms with Crippen molar-refractivity contribution in [3.05, 3.63) is 36.0 Å². The third-order valence-electron chi connectivity index (χ3n) is 2.71. The number of aromatic nitrogens is 1. The van der Waals surface area contributed by atoms with Gasteiger partial charge in [-0.25, -0.2) is 18.5 Å². The van der Waals surface area contributed by atoms with Gasteiger partial charge in [0.25, 0.3) is 0 Å². The molecule has 1 aromatic carbocycles. The smallest absolute Gasteiger partial charge is 0.249 e. The van der Waals surface area contributed by atoms with Crippen LogP contribution in [0.1, 0.15) is 12.5 Å². The number of anilines is 1. The summed E-state index contributed by atoms with van der Waals surface area (Å²) in [7, 11) is -3.68. The predicted octanol–water partition coefficient (Wildman–Crippen LogP) is 1.84. The quantitative estimate of drug-likeness (QED) is 0.809. The Hall–Kier alpha value is -1.64. The Labute approximate surface area is 128 Å². The van der Waals surface area contributed by atoms with Crippen molar-refractivity contribution in [1.29, 1.82) is 0 Å². The molecule has 1 aromatic heterocycles. The Morgan fingerprint density at radius 3 is 2.81 bits per heavy atom. The third kappa shape index (κ3) is 4.42. The van der Waals surface area contributed by atoms with Gasteiger partial charge < -0.3 is 10.1 Å². The fraction of sp³-hybridized carbons (Fsp3) is 0.308. The fourth-order valence-electron chi connectivity index (χ4n) is 1.78. The molecule has 114 valence electrons. The van der Waals surface area contributed by atoms with E-state index < -0.39 is 10.0 Å². The van der Waals surface area contributed by atoms with Crippen LogP contribution in [-0.4, -0.2) is 26.6 Å². The van der Waals surface area contributed by atoms with Gasteiger partial charge in [-0.05, 0) is 25.0 Å². The number of nitrogens with one attached hydrogen (secondary N) is 1. The van der Waals surface area contributed by atoms with Crippen LogP contribution in [0.4, 0.5) is 5.13 Å². The minimum absolute atomic E-state index is 0.0553. The molecule has 0 spiro atoms. The Morgan fingerprint density at radius 2 is 2.14 bits per heavy atom. The number of benzene rings is 1. The van der Waals surface area contributed by atoms with Gasteiger partial charge in [0.2, 0.25) is 10.0 Å². The first kappa shape index (κ1) is 15.7. The van der Waals surface area contributed by atoms with Crippen LogP contribution in [0.5, 0.6) is 5.75 Å². The van der Waals surface area contributed by atoms with Gasteiger partial charge >= 0.3 is 0 Å². The average Bonchev–Trinajstić information content (AvgIpc) is 2.90. The Balaban J connectivity index is 1.94. The monoisotopic (exact) mass is 327 g/mol. The number of thiazole rings is 1. The molecule has 8 heteroatoms. The maximum absolute atomic E-state index is 11.2. The number of nitrogens with zero attached hydrogens (tertiary/aromatic N) is 1. The lowest BCUT2D eigenvalue weighted by atomic mass is 10.1. The average molecular weight is 327 g/mol. The molecule has 6 nitrogen and oxygen atoms in total. The molecule has 1 heterocycles. The maximum Gasteiger partial charge on any atom is 0.249 e. The SMILES string of the molecule is CCOc1ccccc1CCNc1ncc(S(N)(=O)=O)s1. The highest BCUT2D eigenvalue weighted by molar-refractivity contribution is 7.91. The lowest BCUT2D eigenvalue weighted by Gasteiger charge is -2.09. The molecule has 0 radical (unpaired) electrons. The van der Waals surface area contributed by atoms with Gasteiger partial charge in [-0.15, -0.1) is 0 Å². The highest BCUT2D eigenvalue weighted by Gasteiger charge is 2.12. The predicted molar refractivity (Wildman–Crippen MR) is 83.3 cm³/mol. The van der Waals surface area contributed by atoms with Gasteiger partial charge in [0, 0.05) is 6.54 Å². The van der Waals surface area contributed by atoms with Gasteiger partial charge in [-0.1, -0.05) is 29.5 Å². The number of ether oxygens (including phenoxy) is 1. The van der Waals surface area contributed by atoms with Gasteiger partial charge in [-0.2, -0.15) is 0 Å². The van der Waals surface area contributed by atoms with Crippen molar-refractivity contribution >= 4 is 26.5 Å². The Morgan fingerprint density at radius 1 is 1.38 bits per heavy atom. The molecule has 0 atom stereocenters. The molecule has 0 saturated carbocycles. The molecule has 0 saturated heterocycles. The number of rotatable bonds is 7. The van der Waals surface area contributed by atoms with E-state index in [1.807, 2.05) is 31.2 Å². The van der Waals surface area contributed by atoms with Crippen LogP contribution in [0.2, 0.25) is 0 Å². The van der Waals surface area contributed by atoms with Crippen LogP contribution >= 0.6 is 11.3 Å². The molecule has 0 amide bonds. The third-order valence-corrected chi connectivity index (χ3v) is 5.07. The van der Waals surface area contributed by atoms with E-state index in [4.69, 9.17) is 9.88 Å². The summed E-state index contributed by atoms with van der Waals surface area (Å²) in [5, 5.41) is 8.66. The summed E-state index contributed by atoms with van der Waals surface area (Å²) in [4.78, 5) is 3.99. The Kier molecular flexibility index (Phi) is 5.16. The molecule has 2 aromatic rings. The van der Waals surface area contributed by atoms with Crippen LogP contribution in [0, 0.1) is 0 Å². The van der Waals surface area contributed by atoms with E-state index in [0.29, 0.717) is 18.3 Å². The largest absolute Gasteiger partial charge is 0.494 e. The highest BCUT2D eigenvalue weighted by atomic mass is 32.2. The number of nitrogens with two attached hydrogens (primary N) is 1. The molecular weight excluding hydrogens is 310 g/mol. The first-order chi connectivity index (χ1) is 10.0. The zero-order chi connectivity index (χ0) is 15.3. The number of primary sulfonamides is 1. The molecular formula is C13H17N3O3S2. The van der Waals surface area contributed by atoms with Crippen molar-refractivity contribution in [3.8, 4) is 5.75 Å². The standard InChI is InChI=1S/C13H17N3O3S2/c1-2-19-11-6-4-3-5-10(11)7-8-15-13-16-9-12(20-13)21(14,17)18/h3-6,9H,2,7-8H2,1H3,(H,15,16)(H2,14,17,18). The molecule has 21 heavy (non-hydrogen) atoms. The number of para-hydroxylation sites is 1. The van der Waals surface area contributed by atoms with Gasteiger partial charge in [-0.3, -0.25) is 0 Å². The summed E-state index contributed by atoms with van der Waals surface area (Å²) < 4.78 is 27.9. The van der Waals surface area contributed by atoms with Crippen molar-refractivity contribution in [2.45, 2.75) is 17.6 Å². The second-order valence-electron chi connectivity index (χ2n) is 4.25. The molecule has 2 rings (SSSR count). The van der Waals surface area contributed by atoms with E-state index in [1.54, 1.807) is 0 Å². The highest BCUT2D eigenvalue weighted by Crippen LogP contribution is 2.22. The van der Waals surface area contributed by atoms with Gasteiger partial charge in [0.1, 0.15) is 5.75 Å². The molecule has 0 aliphatic carbocycles. The molecule has 3 N–H and O–H groups in total. The zero-order valence-electron chi connectivity index (χ0n) is 11.6. The Bertz CT molecular complexity index is 698. The van der Waals surface area contributed by atoms with Gasteiger partial charge in [0.15, 0.2) is 9.34 Å². The topological polar surface area (TPSA) is 94.3 Å². The lowest BCUT2D eigenvalue weighted by Crippen LogP contribution is -2.10.